The maximum absolute atomic E-state index is 12.4. The smallest absolute Gasteiger partial charge is 0.222 e. The van der Waals surface area contributed by atoms with Crippen molar-refractivity contribution in [1.82, 2.24) is 20.1 Å². The molecule has 1 saturated heterocycles. The van der Waals surface area contributed by atoms with E-state index in [1.54, 1.807) is 6.20 Å². The van der Waals surface area contributed by atoms with Crippen molar-refractivity contribution >= 4 is 5.91 Å². The quantitative estimate of drug-likeness (QED) is 0.943. The molecule has 0 radical (unpaired) electrons. The lowest BCUT2D eigenvalue weighted by atomic mass is 9.94. The van der Waals surface area contributed by atoms with Crippen molar-refractivity contribution in [2.24, 2.45) is 0 Å². The molecule has 2 aromatic rings. The van der Waals surface area contributed by atoms with Crippen molar-refractivity contribution in [2.45, 2.75) is 38.5 Å². The topological polar surface area (TPSA) is 61.9 Å². The number of pyridine rings is 1. The van der Waals surface area contributed by atoms with Crippen LogP contribution in [0, 0.1) is 6.92 Å². The molecule has 1 atom stereocenters. The second-order valence-electron chi connectivity index (χ2n) is 6.02. The fourth-order valence-corrected chi connectivity index (χ4v) is 3.05. The van der Waals surface area contributed by atoms with E-state index in [1.165, 1.54) is 0 Å². The van der Waals surface area contributed by atoms with Crippen LogP contribution in [0.1, 0.15) is 42.1 Å². The van der Waals surface area contributed by atoms with Crippen LogP contribution < -0.4 is 0 Å². The Morgan fingerprint density at radius 3 is 3.14 bits per heavy atom. The second kappa shape index (κ2) is 6.73. The summed E-state index contributed by atoms with van der Waals surface area (Å²) in [7, 11) is 0. The Kier molecular flexibility index (Phi) is 4.51. The molecule has 0 aromatic carbocycles. The van der Waals surface area contributed by atoms with E-state index in [2.05, 4.69) is 21.2 Å². The summed E-state index contributed by atoms with van der Waals surface area (Å²) in [5, 5.41) is 7.35. The van der Waals surface area contributed by atoms with Gasteiger partial charge in [-0.2, -0.15) is 5.10 Å². The highest BCUT2D eigenvalue weighted by molar-refractivity contribution is 5.76. The molecule has 0 aliphatic carbocycles. The molecule has 1 amide bonds. The molecule has 5 nitrogen and oxygen atoms in total. The Labute approximate surface area is 130 Å². The molecule has 1 aliphatic rings. The highest BCUT2D eigenvalue weighted by atomic mass is 16.2. The van der Waals surface area contributed by atoms with Gasteiger partial charge in [-0.05, 0) is 43.9 Å². The van der Waals surface area contributed by atoms with Crippen LogP contribution in [-0.4, -0.2) is 39.1 Å². The van der Waals surface area contributed by atoms with E-state index in [0.29, 0.717) is 12.3 Å². The van der Waals surface area contributed by atoms with Crippen LogP contribution in [0.5, 0.6) is 0 Å². The van der Waals surface area contributed by atoms with Crippen LogP contribution >= 0.6 is 0 Å². The monoisotopic (exact) mass is 298 g/mol. The largest absolute Gasteiger partial charge is 0.342 e. The molecular formula is C17H22N4O. The minimum Gasteiger partial charge on any atom is -0.342 e. The number of carbonyl (C=O) groups is 1. The van der Waals surface area contributed by atoms with Crippen molar-refractivity contribution in [3.8, 4) is 0 Å². The number of aromatic amines is 1. The number of hydrogen-bond acceptors (Lipinski definition) is 3. The SMILES string of the molecule is Cc1cc(C2CCCN(C(=O)CCc3cccnc3)C2)n[nH]1. The van der Waals surface area contributed by atoms with Gasteiger partial charge in [0.25, 0.3) is 0 Å². The van der Waals surface area contributed by atoms with Crippen LogP contribution in [-0.2, 0) is 11.2 Å². The second-order valence-corrected chi connectivity index (χ2v) is 6.02. The summed E-state index contributed by atoms with van der Waals surface area (Å²) in [6.45, 7) is 3.66. The molecule has 5 heteroatoms. The van der Waals surface area contributed by atoms with Crippen molar-refractivity contribution in [2.75, 3.05) is 13.1 Å². The Morgan fingerprint density at radius 1 is 1.50 bits per heavy atom. The molecule has 0 bridgehead atoms. The average Bonchev–Trinajstić information content (AvgIpc) is 3.00. The van der Waals surface area contributed by atoms with Gasteiger partial charge >= 0.3 is 0 Å². The first-order valence-corrected chi connectivity index (χ1v) is 7.91. The molecular weight excluding hydrogens is 276 g/mol. The van der Waals surface area contributed by atoms with Crippen LogP contribution in [0.15, 0.2) is 30.6 Å². The number of aromatic nitrogens is 3. The third kappa shape index (κ3) is 3.53. The Morgan fingerprint density at radius 2 is 2.41 bits per heavy atom. The van der Waals surface area contributed by atoms with E-state index in [9.17, 15) is 4.79 Å². The number of aryl methyl sites for hydroxylation is 2. The van der Waals surface area contributed by atoms with Gasteiger partial charge in [0.15, 0.2) is 0 Å². The summed E-state index contributed by atoms with van der Waals surface area (Å²) < 4.78 is 0. The third-order valence-electron chi connectivity index (χ3n) is 4.27. The predicted octanol–water partition coefficient (Wildman–Crippen LogP) is 2.45. The highest BCUT2D eigenvalue weighted by Gasteiger charge is 2.25. The van der Waals surface area contributed by atoms with Gasteiger partial charge in [0.1, 0.15) is 0 Å². The first kappa shape index (κ1) is 14.8. The van der Waals surface area contributed by atoms with Crippen LogP contribution in [0.4, 0.5) is 0 Å². The maximum atomic E-state index is 12.4. The molecule has 0 saturated carbocycles. The summed E-state index contributed by atoms with van der Waals surface area (Å²) in [6.07, 6.45) is 7.06. The van der Waals surface area contributed by atoms with Crippen molar-refractivity contribution in [1.29, 1.82) is 0 Å². The summed E-state index contributed by atoms with van der Waals surface area (Å²) >= 11 is 0. The van der Waals surface area contributed by atoms with Crippen LogP contribution in [0.3, 0.4) is 0 Å². The first-order valence-electron chi connectivity index (χ1n) is 7.91. The molecule has 3 rings (SSSR count). The third-order valence-corrected chi connectivity index (χ3v) is 4.27. The average molecular weight is 298 g/mol. The minimum atomic E-state index is 0.237. The standard InChI is InChI=1S/C17H22N4O/c1-13-10-16(20-19-13)15-5-3-9-21(12-15)17(22)7-6-14-4-2-8-18-11-14/h2,4,8,10-11,15H,3,5-7,9,12H2,1H3,(H,19,20). The van der Waals surface area contributed by atoms with Gasteiger partial charge in [-0.1, -0.05) is 6.07 Å². The Hall–Kier alpha value is -2.17. The van der Waals surface area contributed by atoms with E-state index in [4.69, 9.17) is 0 Å². The van der Waals surface area contributed by atoms with Crippen molar-refractivity contribution in [3.05, 3.63) is 47.5 Å². The summed E-state index contributed by atoms with van der Waals surface area (Å²) in [6, 6.07) is 6.02. The predicted molar refractivity (Wildman–Crippen MR) is 84.4 cm³/mol. The highest BCUT2D eigenvalue weighted by Crippen LogP contribution is 2.26. The lowest BCUT2D eigenvalue weighted by Gasteiger charge is -2.32. The summed E-state index contributed by atoms with van der Waals surface area (Å²) in [4.78, 5) is 18.5. The number of nitrogens with one attached hydrogen (secondary N) is 1. The normalized spacial score (nSPS) is 18.4. The maximum Gasteiger partial charge on any atom is 0.222 e. The lowest BCUT2D eigenvalue weighted by Crippen LogP contribution is -2.39. The number of likely N-dealkylation sites (tertiary alicyclic amines) is 1. The lowest BCUT2D eigenvalue weighted by molar-refractivity contribution is -0.132. The number of amides is 1. The van der Waals surface area contributed by atoms with Crippen molar-refractivity contribution in [3.63, 3.8) is 0 Å². The van der Waals surface area contributed by atoms with Crippen LogP contribution in [0.25, 0.3) is 0 Å². The fourth-order valence-electron chi connectivity index (χ4n) is 3.05. The molecule has 1 unspecified atom stereocenters. The van der Waals surface area contributed by atoms with Gasteiger partial charge in [-0.25, -0.2) is 0 Å². The fraction of sp³-hybridized carbons (Fsp3) is 0.471. The van der Waals surface area contributed by atoms with Gasteiger partial charge in [0, 0.05) is 43.5 Å². The van der Waals surface area contributed by atoms with Crippen molar-refractivity contribution < 1.29 is 4.79 Å². The van der Waals surface area contributed by atoms with E-state index >= 15 is 0 Å². The zero-order chi connectivity index (χ0) is 15.4. The van der Waals surface area contributed by atoms with Crippen LogP contribution in [0.2, 0.25) is 0 Å². The molecule has 22 heavy (non-hydrogen) atoms. The zero-order valence-corrected chi connectivity index (χ0v) is 13.0. The number of hydrogen-bond donors (Lipinski definition) is 1. The Bertz CT molecular complexity index is 623. The van der Waals surface area contributed by atoms with Gasteiger partial charge < -0.3 is 4.90 Å². The molecule has 1 aliphatic heterocycles. The molecule has 1 N–H and O–H groups in total. The molecule has 2 aromatic heterocycles. The van der Waals surface area contributed by atoms with Gasteiger partial charge in [-0.15, -0.1) is 0 Å². The number of nitrogens with zero attached hydrogens (tertiary/aromatic N) is 3. The zero-order valence-electron chi connectivity index (χ0n) is 13.0. The Balaban J connectivity index is 1.56. The van der Waals surface area contributed by atoms with E-state index in [-0.39, 0.29) is 5.91 Å². The number of H-pyrrole nitrogens is 1. The number of piperidine rings is 1. The molecule has 0 spiro atoms. The molecule has 116 valence electrons. The summed E-state index contributed by atoms with van der Waals surface area (Å²) in [5.41, 5.74) is 3.28. The minimum absolute atomic E-state index is 0.237. The van der Waals surface area contributed by atoms with E-state index in [0.717, 1.165) is 49.3 Å². The van der Waals surface area contributed by atoms with Gasteiger partial charge in [-0.3, -0.25) is 14.9 Å². The first-order chi connectivity index (χ1) is 10.7. The summed E-state index contributed by atoms with van der Waals surface area (Å²) in [5.74, 6) is 0.599. The van der Waals surface area contributed by atoms with E-state index in [1.807, 2.05) is 30.2 Å². The number of carbonyl (C=O) groups excluding carboxylic acids is 1. The molecule has 3 heterocycles. The van der Waals surface area contributed by atoms with E-state index < -0.39 is 0 Å². The number of rotatable bonds is 4. The van der Waals surface area contributed by atoms with Gasteiger partial charge in [0.2, 0.25) is 5.91 Å². The molecule has 1 fully saturated rings. The van der Waals surface area contributed by atoms with Gasteiger partial charge in [0.05, 0.1) is 5.69 Å².